The topological polar surface area (TPSA) is 104 Å². The minimum absolute atomic E-state index is 0.214. The van der Waals surface area contributed by atoms with Gasteiger partial charge in [0.2, 0.25) is 5.91 Å². The Morgan fingerprint density at radius 3 is 2.44 bits per heavy atom. The van der Waals surface area contributed by atoms with Crippen molar-refractivity contribution in [1.29, 1.82) is 0 Å². The van der Waals surface area contributed by atoms with Crippen LogP contribution in [-0.2, 0) is 14.4 Å². The molecule has 0 bridgehead atoms. The zero-order chi connectivity index (χ0) is 18.8. The maximum atomic E-state index is 12.7. The van der Waals surface area contributed by atoms with Crippen molar-refractivity contribution < 1.29 is 24.6 Å². The first-order valence-electron chi connectivity index (χ1n) is 8.13. The smallest absolute Gasteiger partial charge is 0.328 e. The van der Waals surface area contributed by atoms with E-state index in [0.717, 1.165) is 6.08 Å². The molecule has 0 spiro atoms. The normalized spacial score (nSPS) is 25.0. The van der Waals surface area contributed by atoms with E-state index < -0.39 is 28.7 Å². The average Bonchev–Trinajstić information content (AvgIpc) is 2.77. The van der Waals surface area contributed by atoms with Crippen molar-refractivity contribution in [2.75, 3.05) is 5.32 Å². The SMILES string of the molecule is CC1(C(=O)O)CCC(C(=O)Nc2cccc(/C=C/C(=O)O)c2)C1(C)C. The highest BCUT2D eigenvalue weighted by Gasteiger charge is 2.58. The highest BCUT2D eigenvalue weighted by Crippen LogP contribution is 2.56. The van der Waals surface area contributed by atoms with E-state index in [1.165, 1.54) is 6.08 Å². The zero-order valence-corrected chi connectivity index (χ0v) is 14.6. The first-order chi connectivity index (χ1) is 11.6. The van der Waals surface area contributed by atoms with Crippen LogP contribution in [0.3, 0.4) is 0 Å². The molecular weight excluding hydrogens is 322 g/mol. The summed E-state index contributed by atoms with van der Waals surface area (Å²) in [6.07, 6.45) is 3.44. The Balaban J connectivity index is 2.17. The molecule has 1 amide bonds. The van der Waals surface area contributed by atoms with Crippen molar-refractivity contribution in [3.05, 3.63) is 35.9 Å². The van der Waals surface area contributed by atoms with Gasteiger partial charge in [-0.2, -0.15) is 0 Å². The molecular formula is C19H23NO5. The van der Waals surface area contributed by atoms with Crippen LogP contribution in [0.25, 0.3) is 6.08 Å². The van der Waals surface area contributed by atoms with Crippen LogP contribution in [0.1, 0.15) is 39.2 Å². The van der Waals surface area contributed by atoms with Crippen LogP contribution in [0.4, 0.5) is 5.69 Å². The van der Waals surface area contributed by atoms with Crippen molar-refractivity contribution >= 4 is 29.6 Å². The molecule has 0 aromatic heterocycles. The molecule has 0 heterocycles. The molecule has 0 radical (unpaired) electrons. The third kappa shape index (κ3) is 3.57. The van der Waals surface area contributed by atoms with Gasteiger partial charge in [-0.3, -0.25) is 9.59 Å². The molecule has 6 heteroatoms. The number of benzene rings is 1. The number of nitrogens with one attached hydrogen (secondary N) is 1. The van der Waals surface area contributed by atoms with Gasteiger partial charge in [0.1, 0.15) is 0 Å². The van der Waals surface area contributed by atoms with Crippen LogP contribution < -0.4 is 5.32 Å². The fraction of sp³-hybridized carbons (Fsp3) is 0.421. The average molecular weight is 345 g/mol. The van der Waals surface area contributed by atoms with Crippen LogP contribution >= 0.6 is 0 Å². The third-order valence-electron chi connectivity index (χ3n) is 5.59. The number of hydrogen-bond donors (Lipinski definition) is 3. The fourth-order valence-corrected chi connectivity index (χ4v) is 3.46. The van der Waals surface area contributed by atoms with Crippen molar-refractivity contribution in [3.8, 4) is 0 Å². The summed E-state index contributed by atoms with van der Waals surface area (Å²) in [6, 6.07) is 6.85. The summed E-state index contributed by atoms with van der Waals surface area (Å²) in [6.45, 7) is 5.34. The van der Waals surface area contributed by atoms with E-state index in [2.05, 4.69) is 5.32 Å². The van der Waals surface area contributed by atoms with Crippen LogP contribution in [0.15, 0.2) is 30.3 Å². The van der Waals surface area contributed by atoms with E-state index in [9.17, 15) is 19.5 Å². The van der Waals surface area contributed by atoms with E-state index in [-0.39, 0.29) is 5.91 Å². The second kappa shape index (κ2) is 6.70. The van der Waals surface area contributed by atoms with Gasteiger partial charge >= 0.3 is 11.9 Å². The first kappa shape index (κ1) is 18.7. The minimum atomic E-state index is -1.05. The Bertz CT molecular complexity index is 737. The summed E-state index contributed by atoms with van der Waals surface area (Å²) in [4.78, 5) is 34.9. The predicted molar refractivity (Wildman–Crippen MR) is 94.0 cm³/mol. The molecule has 3 N–H and O–H groups in total. The lowest BCUT2D eigenvalue weighted by molar-refractivity contribution is -0.154. The van der Waals surface area contributed by atoms with Crippen LogP contribution in [0.2, 0.25) is 0 Å². The maximum Gasteiger partial charge on any atom is 0.328 e. The van der Waals surface area contributed by atoms with Gasteiger partial charge in [0, 0.05) is 17.7 Å². The molecule has 1 fully saturated rings. The van der Waals surface area contributed by atoms with Crippen molar-refractivity contribution in [1.82, 2.24) is 0 Å². The summed E-state index contributed by atoms with van der Waals surface area (Å²) in [5, 5.41) is 21.1. The van der Waals surface area contributed by atoms with E-state index in [1.807, 2.05) is 13.8 Å². The summed E-state index contributed by atoms with van der Waals surface area (Å²) >= 11 is 0. The predicted octanol–water partition coefficient (Wildman–Crippen LogP) is 3.25. The maximum absolute atomic E-state index is 12.7. The number of aliphatic carboxylic acids is 2. The standard InChI is InChI=1S/C19H23NO5/c1-18(2)14(9-10-19(18,3)17(24)25)16(23)20-13-6-4-5-12(11-13)7-8-15(21)22/h4-8,11,14H,9-10H2,1-3H3,(H,20,23)(H,21,22)(H,24,25)/b8-7+. The van der Waals surface area contributed by atoms with Gasteiger partial charge in [0.25, 0.3) is 0 Å². The second-order valence-electron chi connectivity index (χ2n) is 7.24. The number of carboxylic acid groups (broad SMARTS) is 2. The molecule has 0 aliphatic heterocycles. The van der Waals surface area contributed by atoms with Gasteiger partial charge < -0.3 is 15.5 Å². The molecule has 2 unspecified atom stereocenters. The molecule has 6 nitrogen and oxygen atoms in total. The first-order valence-corrected chi connectivity index (χ1v) is 8.13. The Morgan fingerprint density at radius 1 is 1.20 bits per heavy atom. The van der Waals surface area contributed by atoms with E-state index in [4.69, 9.17) is 5.11 Å². The molecule has 1 aromatic rings. The largest absolute Gasteiger partial charge is 0.481 e. The molecule has 2 rings (SSSR count). The summed E-state index contributed by atoms with van der Waals surface area (Å²) in [5.74, 6) is -2.55. The monoisotopic (exact) mass is 345 g/mol. The number of carbonyl (C=O) groups is 3. The number of carboxylic acids is 2. The van der Waals surface area contributed by atoms with E-state index in [1.54, 1.807) is 31.2 Å². The van der Waals surface area contributed by atoms with Crippen LogP contribution in [-0.4, -0.2) is 28.1 Å². The number of anilines is 1. The Hall–Kier alpha value is -2.63. The highest BCUT2D eigenvalue weighted by molar-refractivity contribution is 5.95. The molecule has 25 heavy (non-hydrogen) atoms. The molecule has 0 saturated heterocycles. The van der Waals surface area contributed by atoms with Gasteiger partial charge in [0.05, 0.1) is 5.41 Å². The molecule has 134 valence electrons. The van der Waals surface area contributed by atoms with Crippen molar-refractivity contribution in [2.24, 2.45) is 16.7 Å². The third-order valence-corrected chi connectivity index (χ3v) is 5.59. The Morgan fingerprint density at radius 2 is 1.88 bits per heavy atom. The number of rotatable bonds is 5. The lowest BCUT2D eigenvalue weighted by atomic mass is 9.65. The molecule has 1 aliphatic rings. The van der Waals surface area contributed by atoms with Gasteiger partial charge in [-0.15, -0.1) is 0 Å². The van der Waals surface area contributed by atoms with Crippen molar-refractivity contribution in [3.63, 3.8) is 0 Å². The zero-order valence-electron chi connectivity index (χ0n) is 14.6. The number of hydrogen-bond acceptors (Lipinski definition) is 3. The molecule has 1 saturated carbocycles. The van der Waals surface area contributed by atoms with Crippen molar-refractivity contribution in [2.45, 2.75) is 33.6 Å². The molecule has 2 atom stereocenters. The molecule has 1 aliphatic carbocycles. The fourth-order valence-electron chi connectivity index (χ4n) is 3.46. The Kier molecular flexibility index (Phi) is 5.02. The van der Waals surface area contributed by atoms with Gasteiger partial charge in [-0.05, 0) is 49.0 Å². The summed E-state index contributed by atoms with van der Waals surface area (Å²) in [5.41, 5.74) is -0.413. The highest BCUT2D eigenvalue weighted by atomic mass is 16.4. The second-order valence-corrected chi connectivity index (χ2v) is 7.24. The van der Waals surface area contributed by atoms with Crippen LogP contribution in [0, 0.1) is 16.7 Å². The van der Waals surface area contributed by atoms with Gasteiger partial charge in [0.15, 0.2) is 0 Å². The lowest BCUT2D eigenvalue weighted by Crippen LogP contribution is -2.43. The van der Waals surface area contributed by atoms with Gasteiger partial charge in [-0.25, -0.2) is 4.79 Å². The van der Waals surface area contributed by atoms with Crippen LogP contribution in [0.5, 0.6) is 0 Å². The van der Waals surface area contributed by atoms with Gasteiger partial charge in [-0.1, -0.05) is 26.0 Å². The lowest BCUT2D eigenvalue weighted by Gasteiger charge is -2.37. The van der Waals surface area contributed by atoms with E-state index in [0.29, 0.717) is 24.1 Å². The number of amides is 1. The summed E-state index contributed by atoms with van der Waals surface area (Å²) in [7, 11) is 0. The van der Waals surface area contributed by atoms with E-state index >= 15 is 0 Å². The molecule has 1 aromatic carbocycles. The quantitative estimate of drug-likeness (QED) is 0.711. The summed E-state index contributed by atoms with van der Waals surface area (Å²) < 4.78 is 0. The Labute approximate surface area is 146 Å². The minimum Gasteiger partial charge on any atom is -0.481 e. The number of carbonyl (C=O) groups excluding carboxylic acids is 1.